The molecule has 0 bridgehead atoms. The van der Waals surface area contributed by atoms with Gasteiger partial charge in [-0.15, -0.1) is 0 Å². The van der Waals surface area contributed by atoms with Crippen molar-refractivity contribution in [1.29, 1.82) is 0 Å². The lowest BCUT2D eigenvalue weighted by atomic mass is 10.0. The number of benzene rings is 2. The fourth-order valence-corrected chi connectivity index (χ4v) is 4.10. The van der Waals surface area contributed by atoms with E-state index in [1.165, 1.54) is 40.4 Å². The van der Waals surface area contributed by atoms with Crippen molar-refractivity contribution in [3.63, 3.8) is 0 Å². The number of nitrogens with one attached hydrogen (secondary N) is 1. The maximum absolute atomic E-state index is 12.5. The lowest BCUT2D eigenvalue weighted by Crippen LogP contribution is -2.30. The summed E-state index contributed by atoms with van der Waals surface area (Å²) in [6.45, 7) is 4.22. The molecule has 1 aliphatic heterocycles. The molecule has 3 rings (SSSR count). The van der Waals surface area contributed by atoms with Gasteiger partial charge >= 0.3 is 0 Å². The van der Waals surface area contributed by atoms with Crippen LogP contribution in [0.3, 0.4) is 0 Å². The fourth-order valence-electron chi connectivity index (χ4n) is 2.95. The first-order chi connectivity index (χ1) is 14.3. The average molecular weight is 426 g/mol. The summed E-state index contributed by atoms with van der Waals surface area (Å²) in [7, 11) is 1.62. The summed E-state index contributed by atoms with van der Waals surface area (Å²) >= 11 is 1.21. The standard InChI is InChI=1S/C21H22N4O4S/c1-13(2)14-8-10-15(11-9-14)22-21-24(3)20(27)18(30-21)12-19(26)23-16-6-4-5-7-17(16)25(28)29/h4-11,13,18H,12H2,1-3H3,(H,23,26). The molecule has 8 nitrogen and oxygen atoms in total. The van der Waals surface area contributed by atoms with E-state index in [2.05, 4.69) is 24.2 Å². The summed E-state index contributed by atoms with van der Waals surface area (Å²) in [6, 6.07) is 13.7. The molecule has 1 aliphatic rings. The van der Waals surface area contributed by atoms with Gasteiger partial charge in [-0.2, -0.15) is 0 Å². The van der Waals surface area contributed by atoms with Crippen LogP contribution in [0.4, 0.5) is 17.1 Å². The highest BCUT2D eigenvalue weighted by Crippen LogP contribution is 2.32. The Morgan fingerprint density at radius 3 is 2.53 bits per heavy atom. The van der Waals surface area contributed by atoms with Gasteiger partial charge in [0.15, 0.2) is 5.17 Å². The van der Waals surface area contributed by atoms with E-state index < -0.39 is 16.1 Å². The summed E-state index contributed by atoms with van der Waals surface area (Å²) in [5.74, 6) is -0.276. The van der Waals surface area contributed by atoms with E-state index in [1.807, 2.05) is 24.3 Å². The maximum Gasteiger partial charge on any atom is 0.292 e. The number of hydrogen-bond acceptors (Lipinski definition) is 6. The molecule has 0 spiro atoms. The van der Waals surface area contributed by atoms with Crippen LogP contribution in [0.2, 0.25) is 0 Å². The second kappa shape index (κ2) is 9.08. The SMILES string of the molecule is CC(C)c1ccc(N=C2SC(CC(=O)Nc3ccccc3[N+](=O)[O-])C(=O)N2C)cc1. The number of para-hydroxylation sites is 2. The number of nitrogens with zero attached hydrogens (tertiary/aromatic N) is 3. The second-order valence-corrected chi connectivity index (χ2v) is 8.34. The quantitative estimate of drug-likeness (QED) is 0.547. The van der Waals surface area contributed by atoms with E-state index in [1.54, 1.807) is 13.1 Å². The third kappa shape index (κ3) is 4.85. The molecule has 9 heteroatoms. The molecule has 1 fully saturated rings. The van der Waals surface area contributed by atoms with Crippen molar-refractivity contribution in [2.75, 3.05) is 12.4 Å². The minimum Gasteiger partial charge on any atom is -0.320 e. The van der Waals surface area contributed by atoms with Crippen LogP contribution in [0.5, 0.6) is 0 Å². The molecule has 0 saturated carbocycles. The molecule has 2 amide bonds. The molecule has 0 aromatic heterocycles. The first-order valence-electron chi connectivity index (χ1n) is 9.42. The molecule has 1 heterocycles. The summed E-state index contributed by atoms with van der Waals surface area (Å²) in [5.41, 5.74) is 1.84. The van der Waals surface area contributed by atoms with Gasteiger partial charge in [0.25, 0.3) is 5.69 Å². The Morgan fingerprint density at radius 1 is 1.23 bits per heavy atom. The van der Waals surface area contributed by atoms with E-state index in [4.69, 9.17) is 0 Å². The molecule has 1 saturated heterocycles. The Kier molecular flexibility index (Phi) is 6.51. The number of amides is 2. The summed E-state index contributed by atoms with van der Waals surface area (Å²) in [6.07, 6.45) is -0.106. The van der Waals surface area contributed by atoms with Crippen molar-refractivity contribution >= 4 is 45.8 Å². The van der Waals surface area contributed by atoms with Crippen molar-refractivity contribution in [2.45, 2.75) is 31.4 Å². The Bertz CT molecular complexity index is 1000. The zero-order chi connectivity index (χ0) is 21.8. The van der Waals surface area contributed by atoms with Crippen molar-refractivity contribution in [2.24, 2.45) is 4.99 Å². The van der Waals surface area contributed by atoms with E-state index in [0.29, 0.717) is 11.1 Å². The third-order valence-electron chi connectivity index (χ3n) is 4.67. The van der Waals surface area contributed by atoms with Crippen molar-refractivity contribution in [3.8, 4) is 0 Å². The molecular formula is C21H22N4O4S. The number of nitro groups is 1. The number of carbonyl (C=O) groups excluding carboxylic acids is 2. The van der Waals surface area contributed by atoms with Crippen LogP contribution in [0.1, 0.15) is 31.7 Å². The van der Waals surface area contributed by atoms with Crippen LogP contribution in [0.25, 0.3) is 0 Å². The Labute approximate surface area is 178 Å². The number of thioether (sulfide) groups is 1. The number of rotatable bonds is 6. The molecule has 2 aromatic carbocycles. The topological polar surface area (TPSA) is 105 Å². The maximum atomic E-state index is 12.5. The first kappa shape index (κ1) is 21.5. The largest absolute Gasteiger partial charge is 0.320 e. The first-order valence-corrected chi connectivity index (χ1v) is 10.3. The van der Waals surface area contributed by atoms with Gasteiger partial charge in [0.05, 0.1) is 10.6 Å². The van der Waals surface area contributed by atoms with Crippen molar-refractivity contribution < 1.29 is 14.5 Å². The predicted octanol–water partition coefficient (Wildman–Crippen LogP) is 4.31. The van der Waals surface area contributed by atoms with Crippen LogP contribution in [-0.2, 0) is 9.59 Å². The van der Waals surface area contributed by atoms with Gasteiger partial charge in [0.2, 0.25) is 11.8 Å². The van der Waals surface area contributed by atoms with Gasteiger partial charge in [-0.3, -0.25) is 24.6 Å². The monoisotopic (exact) mass is 426 g/mol. The summed E-state index contributed by atoms with van der Waals surface area (Å²) in [4.78, 5) is 41.4. The number of hydrogen-bond donors (Lipinski definition) is 1. The molecule has 0 aliphatic carbocycles. The number of anilines is 1. The van der Waals surface area contributed by atoms with Crippen molar-refractivity contribution in [3.05, 3.63) is 64.2 Å². The number of aliphatic imine (C=N–C) groups is 1. The van der Waals surface area contributed by atoms with Gasteiger partial charge in [-0.25, -0.2) is 4.99 Å². The molecule has 1 N–H and O–H groups in total. The summed E-state index contributed by atoms with van der Waals surface area (Å²) < 4.78 is 0. The second-order valence-electron chi connectivity index (χ2n) is 7.17. The lowest BCUT2D eigenvalue weighted by Gasteiger charge is -2.10. The smallest absolute Gasteiger partial charge is 0.292 e. The molecule has 0 radical (unpaired) electrons. The molecule has 1 atom stereocenters. The summed E-state index contributed by atoms with van der Waals surface area (Å²) in [5, 5.41) is 13.5. The Hall–Kier alpha value is -3.20. The van der Waals surface area contributed by atoms with E-state index in [-0.39, 0.29) is 23.7 Å². The van der Waals surface area contributed by atoms with Crippen LogP contribution < -0.4 is 5.32 Å². The van der Waals surface area contributed by atoms with Crippen LogP contribution >= 0.6 is 11.8 Å². The molecule has 30 heavy (non-hydrogen) atoms. The highest BCUT2D eigenvalue weighted by Gasteiger charge is 2.37. The number of carbonyl (C=O) groups is 2. The zero-order valence-electron chi connectivity index (χ0n) is 16.9. The minimum absolute atomic E-state index is 0.106. The average Bonchev–Trinajstić information content (AvgIpc) is 2.96. The predicted molar refractivity (Wildman–Crippen MR) is 118 cm³/mol. The molecule has 2 aromatic rings. The van der Waals surface area contributed by atoms with Gasteiger partial charge in [-0.1, -0.05) is 49.9 Å². The normalized spacial score (nSPS) is 17.6. The zero-order valence-corrected chi connectivity index (χ0v) is 17.7. The third-order valence-corrected chi connectivity index (χ3v) is 5.90. The van der Waals surface area contributed by atoms with Gasteiger partial charge in [-0.05, 0) is 29.7 Å². The van der Waals surface area contributed by atoms with Crippen LogP contribution in [-0.4, -0.2) is 39.1 Å². The minimum atomic E-state index is -0.633. The van der Waals surface area contributed by atoms with Gasteiger partial charge in [0, 0.05) is 19.5 Å². The highest BCUT2D eigenvalue weighted by atomic mass is 32.2. The van der Waals surface area contributed by atoms with Crippen LogP contribution in [0, 0.1) is 10.1 Å². The number of amidine groups is 1. The van der Waals surface area contributed by atoms with Crippen molar-refractivity contribution in [1.82, 2.24) is 4.90 Å². The van der Waals surface area contributed by atoms with E-state index in [9.17, 15) is 19.7 Å². The molecular weight excluding hydrogens is 404 g/mol. The fraction of sp³-hybridized carbons (Fsp3) is 0.286. The van der Waals surface area contributed by atoms with E-state index >= 15 is 0 Å². The van der Waals surface area contributed by atoms with E-state index in [0.717, 1.165) is 5.69 Å². The van der Waals surface area contributed by atoms with Gasteiger partial charge in [0.1, 0.15) is 10.9 Å². The lowest BCUT2D eigenvalue weighted by molar-refractivity contribution is -0.383. The Balaban J connectivity index is 1.69. The molecule has 156 valence electrons. The Morgan fingerprint density at radius 2 is 1.90 bits per heavy atom. The molecule has 1 unspecified atom stereocenters. The van der Waals surface area contributed by atoms with Crippen LogP contribution in [0.15, 0.2) is 53.5 Å². The van der Waals surface area contributed by atoms with Gasteiger partial charge < -0.3 is 5.32 Å². The number of nitro benzene ring substituents is 1. The highest BCUT2D eigenvalue weighted by molar-refractivity contribution is 8.15.